The van der Waals surface area contributed by atoms with Gasteiger partial charge in [-0.15, -0.1) is 0 Å². The minimum atomic E-state index is -1.11. The molecule has 4 heteroatoms. The summed E-state index contributed by atoms with van der Waals surface area (Å²) < 4.78 is 0. The van der Waals surface area contributed by atoms with Crippen molar-refractivity contribution in [2.45, 2.75) is 11.0 Å². The van der Waals surface area contributed by atoms with Crippen LogP contribution in [0.1, 0.15) is 22.3 Å². The summed E-state index contributed by atoms with van der Waals surface area (Å²) in [5.41, 5.74) is 3.85. The molecule has 132 valence electrons. The van der Waals surface area contributed by atoms with Crippen molar-refractivity contribution >= 4 is 12.0 Å². The third kappa shape index (κ3) is 1.73. The van der Waals surface area contributed by atoms with Crippen LogP contribution in [-0.2, 0) is 11.0 Å². The number of anilines is 1. The number of rotatable bonds is 2. The van der Waals surface area contributed by atoms with Crippen LogP contribution in [0.15, 0.2) is 84.0 Å². The number of hydrazone groups is 1. The van der Waals surface area contributed by atoms with Crippen molar-refractivity contribution in [1.82, 2.24) is 5.01 Å². The zero-order chi connectivity index (χ0) is 18.1. The summed E-state index contributed by atoms with van der Waals surface area (Å²) in [4.78, 5) is 2.11. The molecule has 2 heterocycles. The van der Waals surface area contributed by atoms with Crippen molar-refractivity contribution in [3.8, 4) is 0 Å². The molecule has 0 saturated carbocycles. The van der Waals surface area contributed by atoms with Gasteiger partial charge in [0.05, 0.1) is 12.0 Å². The van der Waals surface area contributed by atoms with E-state index in [1.165, 1.54) is 11.1 Å². The lowest BCUT2D eigenvalue weighted by atomic mass is 9.70. The first-order valence-electron chi connectivity index (χ1n) is 9.28. The number of hydrogen-bond donors (Lipinski definition) is 1. The Bertz CT molecular complexity index is 1050. The number of para-hydroxylation sites is 1. The van der Waals surface area contributed by atoms with E-state index in [9.17, 15) is 5.11 Å². The van der Waals surface area contributed by atoms with Crippen molar-refractivity contribution in [3.05, 3.63) is 101 Å². The van der Waals surface area contributed by atoms with Gasteiger partial charge in [-0.25, -0.2) is 0 Å². The first kappa shape index (κ1) is 15.0. The molecule has 27 heavy (non-hydrogen) atoms. The summed E-state index contributed by atoms with van der Waals surface area (Å²) in [6.07, 6.45) is 1.85. The van der Waals surface area contributed by atoms with Crippen molar-refractivity contribution in [3.63, 3.8) is 0 Å². The molecule has 1 unspecified atom stereocenters. The number of fused-ring (bicyclic) bond motifs is 5. The maximum Gasteiger partial charge on any atom is 0.128 e. The van der Waals surface area contributed by atoms with Gasteiger partial charge in [-0.3, -0.25) is 5.01 Å². The Morgan fingerprint density at radius 2 is 1.41 bits per heavy atom. The largest absolute Gasteiger partial charge is 0.381 e. The Kier molecular flexibility index (Phi) is 2.77. The highest BCUT2D eigenvalue weighted by atomic mass is 16.3. The van der Waals surface area contributed by atoms with E-state index >= 15 is 0 Å². The summed E-state index contributed by atoms with van der Waals surface area (Å²) in [5, 5.41) is 18.9. The van der Waals surface area contributed by atoms with Crippen LogP contribution in [-0.4, -0.2) is 29.7 Å². The molecule has 0 aromatic heterocycles. The fraction of sp³-hybridized carbons (Fsp3) is 0.174. The first-order chi connectivity index (χ1) is 13.2. The molecule has 0 amide bonds. The minimum Gasteiger partial charge on any atom is -0.381 e. The van der Waals surface area contributed by atoms with E-state index in [0.29, 0.717) is 13.2 Å². The summed E-state index contributed by atoms with van der Waals surface area (Å²) >= 11 is 0. The molecule has 0 fully saturated rings. The Balaban J connectivity index is 1.66. The van der Waals surface area contributed by atoms with Gasteiger partial charge in [-0.2, -0.15) is 5.10 Å². The van der Waals surface area contributed by atoms with Gasteiger partial charge in [-0.1, -0.05) is 72.8 Å². The zero-order valence-electron chi connectivity index (χ0n) is 14.8. The second kappa shape index (κ2) is 4.99. The van der Waals surface area contributed by atoms with Gasteiger partial charge in [0.25, 0.3) is 0 Å². The zero-order valence-corrected chi connectivity index (χ0v) is 14.8. The highest BCUT2D eigenvalue weighted by Crippen LogP contribution is 2.65. The summed E-state index contributed by atoms with van der Waals surface area (Å²) in [7, 11) is 0. The molecule has 3 aliphatic rings. The van der Waals surface area contributed by atoms with Crippen LogP contribution >= 0.6 is 0 Å². The van der Waals surface area contributed by atoms with E-state index in [0.717, 1.165) is 16.8 Å². The second-order valence-electron chi connectivity index (χ2n) is 7.55. The molecule has 0 spiro atoms. The molecule has 1 atom stereocenters. The maximum atomic E-state index is 12.4. The molecular formula is C23H19N3O. The highest BCUT2D eigenvalue weighted by molar-refractivity contribution is 5.84. The SMILES string of the molecule is OC1(C2(c3ccccc3)c3ccccc32)CN2CN(C=N2)c2ccccc21. The molecule has 0 saturated heterocycles. The number of hydrogen-bond acceptors (Lipinski definition) is 4. The maximum absolute atomic E-state index is 12.4. The molecule has 2 aliphatic heterocycles. The quantitative estimate of drug-likeness (QED) is 0.769. The van der Waals surface area contributed by atoms with Gasteiger partial charge in [0.1, 0.15) is 18.6 Å². The fourth-order valence-electron chi connectivity index (χ4n) is 5.09. The minimum absolute atomic E-state index is 0.445. The van der Waals surface area contributed by atoms with Crippen LogP contribution in [0.2, 0.25) is 0 Å². The normalized spacial score (nSPS) is 23.6. The lowest BCUT2D eigenvalue weighted by Crippen LogP contribution is -2.48. The molecule has 3 aromatic carbocycles. The second-order valence-corrected chi connectivity index (χ2v) is 7.55. The van der Waals surface area contributed by atoms with E-state index in [1.807, 2.05) is 29.5 Å². The van der Waals surface area contributed by atoms with E-state index in [-0.39, 0.29) is 0 Å². The van der Waals surface area contributed by atoms with E-state index < -0.39 is 11.0 Å². The Hall–Kier alpha value is -3.11. The van der Waals surface area contributed by atoms with Gasteiger partial charge in [0.15, 0.2) is 0 Å². The van der Waals surface area contributed by atoms with Crippen LogP contribution in [0.5, 0.6) is 0 Å². The molecule has 2 bridgehead atoms. The number of benzene rings is 3. The molecule has 4 nitrogen and oxygen atoms in total. The van der Waals surface area contributed by atoms with Crippen LogP contribution in [0, 0.1) is 0 Å². The third-order valence-corrected chi connectivity index (χ3v) is 6.24. The highest BCUT2D eigenvalue weighted by Gasteiger charge is 2.67. The Morgan fingerprint density at radius 3 is 2.15 bits per heavy atom. The van der Waals surface area contributed by atoms with Crippen LogP contribution in [0.3, 0.4) is 0 Å². The lowest BCUT2D eigenvalue weighted by molar-refractivity contribution is -0.0224. The van der Waals surface area contributed by atoms with Gasteiger partial charge in [-0.05, 0) is 22.8 Å². The van der Waals surface area contributed by atoms with Crippen LogP contribution in [0.25, 0.3) is 0 Å². The lowest BCUT2D eigenvalue weighted by Gasteiger charge is -2.40. The van der Waals surface area contributed by atoms with Crippen molar-refractivity contribution < 1.29 is 5.11 Å². The molecule has 0 radical (unpaired) electrons. The summed E-state index contributed by atoms with van der Waals surface area (Å²) in [5.74, 6) is 0. The Labute approximate surface area is 158 Å². The van der Waals surface area contributed by atoms with Crippen LogP contribution < -0.4 is 4.90 Å². The third-order valence-electron chi connectivity index (χ3n) is 6.24. The van der Waals surface area contributed by atoms with Crippen molar-refractivity contribution in [1.29, 1.82) is 0 Å². The monoisotopic (exact) mass is 353 g/mol. The fourth-order valence-corrected chi connectivity index (χ4v) is 5.09. The van der Waals surface area contributed by atoms with E-state index in [2.05, 4.69) is 70.7 Å². The van der Waals surface area contributed by atoms with Gasteiger partial charge in [0, 0.05) is 11.3 Å². The van der Waals surface area contributed by atoms with E-state index in [4.69, 9.17) is 0 Å². The van der Waals surface area contributed by atoms with Crippen molar-refractivity contribution in [2.75, 3.05) is 18.1 Å². The predicted molar refractivity (Wildman–Crippen MR) is 106 cm³/mol. The van der Waals surface area contributed by atoms with Gasteiger partial charge in [0.2, 0.25) is 0 Å². The number of nitrogens with zero attached hydrogens (tertiary/aromatic N) is 3. The Morgan fingerprint density at radius 1 is 0.778 bits per heavy atom. The smallest absolute Gasteiger partial charge is 0.128 e. The summed E-state index contributed by atoms with van der Waals surface area (Å²) in [6.45, 7) is 1.11. The first-order valence-corrected chi connectivity index (χ1v) is 9.28. The van der Waals surface area contributed by atoms with Gasteiger partial charge >= 0.3 is 0 Å². The van der Waals surface area contributed by atoms with Crippen molar-refractivity contribution in [2.24, 2.45) is 5.10 Å². The predicted octanol–water partition coefficient (Wildman–Crippen LogP) is 3.26. The number of aliphatic hydroxyl groups is 1. The standard InChI is InChI=1S/C23H19N3O/c27-22(14-26-16-25(15-24-26)21-13-7-6-12-20(21)22)23(17-8-2-1-3-9-17)18-10-4-5-11-19(18)23/h1-13,15,27H,14,16H2. The van der Waals surface area contributed by atoms with Gasteiger partial charge < -0.3 is 10.0 Å². The molecule has 3 aromatic rings. The summed E-state index contributed by atoms with van der Waals surface area (Å²) in [6, 6.07) is 27.0. The molecular weight excluding hydrogens is 334 g/mol. The van der Waals surface area contributed by atoms with E-state index in [1.54, 1.807) is 0 Å². The molecule has 6 rings (SSSR count). The van der Waals surface area contributed by atoms with Crippen LogP contribution in [0.4, 0.5) is 5.69 Å². The average molecular weight is 353 g/mol. The molecule has 1 N–H and O–H groups in total. The topological polar surface area (TPSA) is 39.1 Å². The molecule has 1 aliphatic carbocycles. The average Bonchev–Trinajstić information content (AvgIpc) is 3.24.